The van der Waals surface area contributed by atoms with Crippen LogP contribution in [-0.4, -0.2) is 10.2 Å². The van der Waals surface area contributed by atoms with Crippen LogP contribution in [0.15, 0.2) is 48.5 Å². The van der Waals surface area contributed by atoms with Crippen molar-refractivity contribution in [3.05, 3.63) is 59.7 Å². The van der Waals surface area contributed by atoms with Gasteiger partial charge in [0.2, 0.25) is 0 Å². The molecule has 0 radical (unpaired) electrons. The molecule has 0 saturated heterocycles. The van der Waals surface area contributed by atoms with Crippen LogP contribution in [0.2, 0.25) is 0 Å². The molecule has 0 aromatic heterocycles. The second kappa shape index (κ2) is 4.70. The van der Waals surface area contributed by atoms with Gasteiger partial charge < -0.3 is 10.2 Å². The Morgan fingerprint density at radius 3 is 2.29 bits per heavy atom. The fraction of sp³-hybridized carbons (Fsp3) is 0. The Balaban J connectivity index is 2.33. The van der Waals surface area contributed by atoms with Crippen molar-refractivity contribution in [3.8, 4) is 11.5 Å². The number of hydrogen-bond donors (Lipinski definition) is 2. The molecule has 86 valence electrons. The fourth-order valence-electron chi connectivity index (χ4n) is 1.46. The van der Waals surface area contributed by atoms with Gasteiger partial charge >= 0.3 is 0 Å². The smallest absolute Gasteiger partial charge is 0.157 e. The van der Waals surface area contributed by atoms with Crippen LogP contribution in [0, 0.1) is 0 Å². The first-order valence-electron chi connectivity index (χ1n) is 5.11. The zero-order valence-electron chi connectivity index (χ0n) is 8.97. The second-order valence-corrected chi connectivity index (χ2v) is 3.61. The average Bonchev–Trinajstić information content (AvgIpc) is 2.35. The van der Waals surface area contributed by atoms with Crippen molar-refractivity contribution in [2.75, 3.05) is 0 Å². The van der Waals surface area contributed by atoms with Gasteiger partial charge in [0.25, 0.3) is 0 Å². The number of hydrogen-bond acceptors (Lipinski definition) is 2. The first-order chi connectivity index (χ1) is 8.16. The second-order valence-electron chi connectivity index (χ2n) is 3.61. The van der Waals surface area contributed by atoms with E-state index in [4.69, 9.17) is 5.11 Å². The molecule has 0 aliphatic carbocycles. The normalized spacial score (nSPS) is 11.5. The minimum Gasteiger partial charge on any atom is -0.504 e. The zero-order valence-corrected chi connectivity index (χ0v) is 8.97. The van der Waals surface area contributed by atoms with Gasteiger partial charge in [0.05, 0.1) is 0 Å². The van der Waals surface area contributed by atoms with E-state index in [-0.39, 0.29) is 11.5 Å². The standard InChI is InChI=1S/C14H11FO2/c15-12(11-4-2-1-3-5-11)8-10-6-7-13(16)14(17)9-10/h1-9,16-17H. The van der Waals surface area contributed by atoms with Gasteiger partial charge in [0, 0.05) is 5.56 Å². The lowest BCUT2D eigenvalue weighted by Crippen LogP contribution is -1.78. The lowest BCUT2D eigenvalue weighted by atomic mass is 10.1. The summed E-state index contributed by atoms with van der Waals surface area (Å²) in [4.78, 5) is 0. The van der Waals surface area contributed by atoms with Crippen LogP contribution in [-0.2, 0) is 0 Å². The van der Waals surface area contributed by atoms with Gasteiger partial charge in [0.1, 0.15) is 5.83 Å². The van der Waals surface area contributed by atoms with Gasteiger partial charge in [0.15, 0.2) is 11.5 Å². The van der Waals surface area contributed by atoms with Crippen molar-refractivity contribution in [2.24, 2.45) is 0 Å². The Kier molecular flexibility index (Phi) is 3.10. The summed E-state index contributed by atoms with van der Waals surface area (Å²) in [5.41, 5.74) is 0.960. The van der Waals surface area contributed by atoms with E-state index in [0.29, 0.717) is 11.1 Å². The summed E-state index contributed by atoms with van der Waals surface area (Å²) in [5.74, 6) is -0.877. The Morgan fingerprint density at radius 2 is 1.65 bits per heavy atom. The molecule has 0 amide bonds. The van der Waals surface area contributed by atoms with Crippen LogP contribution in [0.1, 0.15) is 11.1 Å². The number of halogens is 1. The van der Waals surface area contributed by atoms with Crippen LogP contribution in [0.5, 0.6) is 11.5 Å². The third-order valence-corrected chi connectivity index (χ3v) is 2.34. The lowest BCUT2D eigenvalue weighted by molar-refractivity contribution is 0.403. The largest absolute Gasteiger partial charge is 0.504 e. The fourth-order valence-corrected chi connectivity index (χ4v) is 1.46. The van der Waals surface area contributed by atoms with E-state index in [1.807, 2.05) is 6.07 Å². The number of rotatable bonds is 2. The predicted molar refractivity (Wildman–Crippen MR) is 65.2 cm³/mol. The molecule has 2 N–H and O–H groups in total. The van der Waals surface area contributed by atoms with E-state index < -0.39 is 5.83 Å². The van der Waals surface area contributed by atoms with E-state index >= 15 is 0 Å². The van der Waals surface area contributed by atoms with Crippen molar-refractivity contribution < 1.29 is 14.6 Å². The average molecular weight is 230 g/mol. The minimum absolute atomic E-state index is 0.220. The van der Waals surface area contributed by atoms with Gasteiger partial charge in [-0.25, -0.2) is 4.39 Å². The van der Waals surface area contributed by atoms with E-state index in [2.05, 4.69) is 0 Å². The number of aromatic hydroxyl groups is 2. The number of phenolic OH excluding ortho intramolecular Hbond substituents is 2. The highest BCUT2D eigenvalue weighted by Gasteiger charge is 2.02. The molecule has 17 heavy (non-hydrogen) atoms. The highest BCUT2D eigenvalue weighted by atomic mass is 19.1. The SMILES string of the molecule is Oc1ccc(C=C(F)c2ccccc2)cc1O. The van der Waals surface area contributed by atoms with Crippen LogP contribution in [0.25, 0.3) is 11.9 Å². The Labute approximate surface area is 98.3 Å². The molecule has 0 spiro atoms. The van der Waals surface area contributed by atoms with Crippen LogP contribution in [0.4, 0.5) is 4.39 Å². The van der Waals surface area contributed by atoms with E-state index in [9.17, 15) is 9.50 Å². The van der Waals surface area contributed by atoms with Gasteiger partial charge in [-0.2, -0.15) is 0 Å². The van der Waals surface area contributed by atoms with E-state index in [0.717, 1.165) is 0 Å². The van der Waals surface area contributed by atoms with Gasteiger partial charge in [-0.3, -0.25) is 0 Å². The Morgan fingerprint density at radius 1 is 0.941 bits per heavy atom. The van der Waals surface area contributed by atoms with Gasteiger partial charge in [-0.05, 0) is 23.8 Å². The molecule has 0 fully saturated rings. The zero-order chi connectivity index (χ0) is 12.3. The molecule has 0 saturated carbocycles. The predicted octanol–water partition coefficient (Wildman–Crippen LogP) is 3.57. The molecule has 2 rings (SSSR count). The number of benzene rings is 2. The Bertz CT molecular complexity index is 547. The van der Waals surface area contributed by atoms with E-state index in [1.165, 1.54) is 24.3 Å². The monoisotopic (exact) mass is 230 g/mol. The quantitative estimate of drug-likeness (QED) is 0.611. The summed E-state index contributed by atoms with van der Waals surface area (Å²) in [6, 6.07) is 12.8. The molecule has 3 heteroatoms. The van der Waals surface area contributed by atoms with Gasteiger partial charge in [-0.1, -0.05) is 36.4 Å². The summed E-state index contributed by atoms with van der Waals surface area (Å²) in [7, 11) is 0. The molecule has 2 aromatic carbocycles. The van der Waals surface area contributed by atoms with Crippen molar-refractivity contribution in [2.45, 2.75) is 0 Å². The highest BCUT2D eigenvalue weighted by Crippen LogP contribution is 2.27. The van der Waals surface area contributed by atoms with E-state index in [1.54, 1.807) is 24.3 Å². The van der Waals surface area contributed by atoms with Crippen molar-refractivity contribution >= 4 is 11.9 Å². The molecule has 0 unspecified atom stereocenters. The first kappa shape index (κ1) is 11.2. The number of phenols is 2. The molecule has 0 heterocycles. The molecule has 0 aliphatic rings. The summed E-state index contributed by atoms with van der Waals surface area (Å²) in [5, 5.41) is 18.4. The molecule has 0 atom stereocenters. The van der Waals surface area contributed by atoms with Crippen molar-refractivity contribution in [3.63, 3.8) is 0 Å². The third-order valence-electron chi connectivity index (χ3n) is 2.34. The molecule has 2 nitrogen and oxygen atoms in total. The third kappa shape index (κ3) is 2.64. The van der Waals surface area contributed by atoms with Crippen molar-refractivity contribution in [1.82, 2.24) is 0 Å². The molecular weight excluding hydrogens is 219 g/mol. The summed E-state index contributed by atoms with van der Waals surface area (Å²) in [6.45, 7) is 0. The molecule has 0 aliphatic heterocycles. The summed E-state index contributed by atoms with van der Waals surface area (Å²) in [6.07, 6.45) is 1.30. The van der Waals surface area contributed by atoms with Crippen molar-refractivity contribution in [1.29, 1.82) is 0 Å². The van der Waals surface area contributed by atoms with Crippen LogP contribution in [0.3, 0.4) is 0 Å². The first-order valence-corrected chi connectivity index (χ1v) is 5.11. The van der Waals surface area contributed by atoms with Crippen LogP contribution >= 0.6 is 0 Å². The molecule has 2 aromatic rings. The van der Waals surface area contributed by atoms with Gasteiger partial charge in [-0.15, -0.1) is 0 Å². The summed E-state index contributed by atoms with van der Waals surface area (Å²) < 4.78 is 13.8. The topological polar surface area (TPSA) is 40.5 Å². The maximum Gasteiger partial charge on any atom is 0.157 e. The Hall–Kier alpha value is -2.29. The minimum atomic E-state index is -0.393. The highest BCUT2D eigenvalue weighted by molar-refractivity contribution is 5.77. The molecule has 0 bridgehead atoms. The maximum absolute atomic E-state index is 13.8. The maximum atomic E-state index is 13.8. The molecular formula is C14H11FO2. The van der Waals surface area contributed by atoms with Crippen LogP contribution < -0.4 is 0 Å². The lowest BCUT2D eigenvalue weighted by Gasteiger charge is -2.00. The summed E-state index contributed by atoms with van der Waals surface area (Å²) >= 11 is 0.